The van der Waals surface area contributed by atoms with E-state index in [1.807, 2.05) is 6.92 Å². The van der Waals surface area contributed by atoms with E-state index < -0.39 is 0 Å². The summed E-state index contributed by atoms with van der Waals surface area (Å²) in [6.07, 6.45) is 2.97. The first-order chi connectivity index (χ1) is 7.63. The van der Waals surface area contributed by atoms with E-state index in [2.05, 4.69) is 6.92 Å². The molecule has 3 nitrogen and oxygen atoms in total. The Morgan fingerprint density at radius 1 is 1.38 bits per heavy atom. The number of hydrogen-bond donors (Lipinski definition) is 1. The minimum atomic E-state index is -0.209. The summed E-state index contributed by atoms with van der Waals surface area (Å²) in [6, 6.07) is 6.16. The SMILES string of the molecule is CCCCC(C)C(=O)Oc1ccc(O)cc1. The predicted molar refractivity (Wildman–Crippen MR) is 62.4 cm³/mol. The van der Waals surface area contributed by atoms with Gasteiger partial charge in [0.25, 0.3) is 0 Å². The third-order valence-corrected chi connectivity index (χ3v) is 2.45. The van der Waals surface area contributed by atoms with Crippen molar-refractivity contribution in [3.63, 3.8) is 0 Å². The summed E-state index contributed by atoms with van der Waals surface area (Å²) in [7, 11) is 0. The van der Waals surface area contributed by atoms with Gasteiger partial charge in [-0.05, 0) is 30.7 Å². The molecular formula is C13H18O3. The molecule has 1 atom stereocenters. The van der Waals surface area contributed by atoms with Gasteiger partial charge in [-0.3, -0.25) is 4.79 Å². The van der Waals surface area contributed by atoms with Crippen LogP contribution in [0.1, 0.15) is 33.1 Å². The number of esters is 1. The van der Waals surface area contributed by atoms with Crippen molar-refractivity contribution in [2.45, 2.75) is 33.1 Å². The van der Waals surface area contributed by atoms with Crippen molar-refractivity contribution in [1.29, 1.82) is 0 Å². The zero-order valence-corrected chi connectivity index (χ0v) is 9.77. The van der Waals surface area contributed by atoms with Crippen molar-refractivity contribution < 1.29 is 14.6 Å². The largest absolute Gasteiger partial charge is 0.508 e. The molecule has 1 N–H and O–H groups in total. The van der Waals surface area contributed by atoms with Crippen LogP contribution in [0.3, 0.4) is 0 Å². The van der Waals surface area contributed by atoms with Crippen LogP contribution in [0.4, 0.5) is 0 Å². The molecule has 16 heavy (non-hydrogen) atoms. The smallest absolute Gasteiger partial charge is 0.314 e. The summed E-state index contributed by atoms with van der Waals surface area (Å²) < 4.78 is 5.18. The minimum absolute atomic E-state index is 0.0752. The van der Waals surface area contributed by atoms with Gasteiger partial charge in [-0.15, -0.1) is 0 Å². The van der Waals surface area contributed by atoms with Gasteiger partial charge in [0.1, 0.15) is 11.5 Å². The topological polar surface area (TPSA) is 46.5 Å². The van der Waals surface area contributed by atoms with Gasteiger partial charge in [0, 0.05) is 0 Å². The Morgan fingerprint density at radius 3 is 2.56 bits per heavy atom. The molecule has 0 spiro atoms. The maximum Gasteiger partial charge on any atom is 0.314 e. The van der Waals surface area contributed by atoms with Gasteiger partial charge in [-0.1, -0.05) is 26.7 Å². The van der Waals surface area contributed by atoms with Crippen LogP contribution in [-0.2, 0) is 4.79 Å². The standard InChI is InChI=1S/C13H18O3/c1-3-4-5-10(2)13(15)16-12-8-6-11(14)7-9-12/h6-10,14H,3-5H2,1-2H3. The van der Waals surface area contributed by atoms with Crippen LogP contribution in [0.25, 0.3) is 0 Å². The second-order valence-electron chi connectivity index (χ2n) is 3.96. The number of carbonyl (C=O) groups excluding carboxylic acids is 1. The van der Waals surface area contributed by atoms with Gasteiger partial charge < -0.3 is 9.84 Å². The molecule has 0 radical (unpaired) electrons. The second-order valence-corrected chi connectivity index (χ2v) is 3.96. The second kappa shape index (κ2) is 6.16. The number of benzene rings is 1. The highest BCUT2D eigenvalue weighted by molar-refractivity contribution is 5.74. The normalized spacial score (nSPS) is 12.1. The van der Waals surface area contributed by atoms with Crippen LogP contribution in [0, 0.1) is 5.92 Å². The van der Waals surface area contributed by atoms with Gasteiger partial charge in [-0.2, -0.15) is 0 Å². The van der Waals surface area contributed by atoms with E-state index in [0.29, 0.717) is 5.75 Å². The molecule has 0 aliphatic carbocycles. The van der Waals surface area contributed by atoms with Crippen molar-refractivity contribution in [3.8, 4) is 11.5 Å². The highest BCUT2D eigenvalue weighted by Crippen LogP contribution is 2.18. The number of ether oxygens (including phenoxy) is 1. The maximum absolute atomic E-state index is 11.6. The molecule has 0 aliphatic rings. The monoisotopic (exact) mass is 222 g/mol. The van der Waals surface area contributed by atoms with Crippen molar-refractivity contribution in [3.05, 3.63) is 24.3 Å². The average molecular weight is 222 g/mol. The number of hydrogen-bond acceptors (Lipinski definition) is 3. The fourth-order valence-corrected chi connectivity index (χ4v) is 1.36. The van der Waals surface area contributed by atoms with E-state index in [-0.39, 0.29) is 17.6 Å². The quantitative estimate of drug-likeness (QED) is 0.615. The molecule has 1 unspecified atom stereocenters. The summed E-state index contributed by atoms with van der Waals surface area (Å²) in [4.78, 5) is 11.6. The zero-order valence-electron chi connectivity index (χ0n) is 9.77. The highest BCUT2D eigenvalue weighted by Gasteiger charge is 2.14. The zero-order chi connectivity index (χ0) is 12.0. The lowest BCUT2D eigenvalue weighted by atomic mass is 10.1. The number of carbonyl (C=O) groups is 1. The molecule has 0 saturated heterocycles. The van der Waals surface area contributed by atoms with Crippen LogP contribution in [0.15, 0.2) is 24.3 Å². The Balaban J connectivity index is 2.47. The van der Waals surface area contributed by atoms with Crippen molar-refractivity contribution in [2.75, 3.05) is 0 Å². The highest BCUT2D eigenvalue weighted by atomic mass is 16.5. The van der Waals surface area contributed by atoms with Crippen LogP contribution in [0.5, 0.6) is 11.5 Å². The van der Waals surface area contributed by atoms with Gasteiger partial charge in [-0.25, -0.2) is 0 Å². The van der Waals surface area contributed by atoms with E-state index in [0.717, 1.165) is 19.3 Å². The number of aromatic hydroxyl groups is 1. The predicted octanol–water partition coefficient (Wildman–Crippen LogP) is 3.12. The molecule has 0 fully saturated rings. The molecule has 3 heteroatoms. The number of phenols is 1. The minimum Gasteiger partial charge on any atom is -0.508 e. The Hall–Kier alpha value is -1.51. The summed E-state index contributed by atoms with van der Waals surface area (Å²) >= 11 is 0. The summed E-state index contributed by atoms with van der Waals surface area (Å²) in [5.74, 6) is 0.359. The van der Waals surface area contributed by atoms with Crippen LogP contribution >= 0.6 is 0 Å². The van der Waals surface area contributed by atoms with Gasteiger partial charge in [0.05, 0.1) is 5.92 Å². The van der Waals surface area contributed by atoms with Crippen molar-refractivity contribution >= 4 is 5.97 Å². The van der Waals surface area contributed by atoms with E-state index in [4.69, 9.17) is 9.84 Å². The summed E-state index contributed by atoms with van der Waals surface area (Å²) in [6.45, 7) is 3.97. The number of unbranched alkanes of at least 4 members (excludes halogenated alkanes) is 1. The maximum atomic E-state index is 11.6. The molecule has 0 aromatic heterocycles. The molecular weight excluding hydrogens is 204 g/mol. The summed E-state index contributed by atoms with van der Waals surface area (Å²) in [5, 5.41) is 9.08. The van der Waals surface area contributed by atoms with E-state index in [9.17, 15) is 4.79 Å². The van der Waals surface area contributed by atoms with Crippen LogP contribution in [-0.4, -0.2) is 11.1 Å². The van der Waals surface area contributed by atoms with Gasteiger partial charge in [0.15, 0.2) is 0 Å². The lowest BCUT2D eigenvalue weighted by Crippen LogP contribution is -2.17. The van der Waals surface area contributed by atoms with E-state index in [1.54, 1.807) is 12.1 Å². The first-order valence-electron chi connectivity index (χ1n) is 5.64. The van der Waals surface area contributed by atoms with Gasteiger partial charge >= 0.3 is 5.97 Å². The molecule has 1 rings (SSSR count). The van der Waals surface area contributed by atoms with E-state index in [1.165, 1.54) is 12.1 Å². The Morgan fingerprint density at radius 2 is 2.00 bits per heavy atom. The van der Waals surface area contributed by atoms with Crippen LogP contribution in [0.2, 0.25) is 0 Å². The fourth-order valence-electron chi connectivity index (χ4n) is 1.36. The average Bonchev–Trinajstić information content (AvgIpc) is 2.29. The number of rotatable bonds is 5. The fraction of sp³-hybridized carbons (Fsp3) is 0.462. The molecule has 0 saturated carbocycles. The molecule has 1 aromatic rings. The van der Waals surface area contributed by atoms with Crippen molar-refractivity contribution in [1.82, 2.24) is 0 Å². The first-order valence-corrected chi connectivity index (χ1v) is 5.64. The van der Waals surface area contributed by atoms with Crippen molar-refractivity contribution in [2.24, 2.45) is 5.92 Å². The van der Waals surface area contributed by atoms with Crippen LogP contribution < -0.4 is 4.74 Å². The molecule has 0 amide bonds. The molecule has 0 aliphatic heterocycles. The molecule has 88 valence electrons. The lowest BCUT2D eigenvalue weighted by Gasteiger charge is -2.10. The summed E-state index contributed by atoms with van der Waals surface area (Å²) in [5.41, 5.74) is 0. The third kappa shape index (κ3) is 3.93. The lowest BCUT2D eigenvalue weighted by molar-refractivity contribution is -0.138. The molecule has 0 bridgehead atoms. The number of phenolic OH excluding ortho intramolecular Hbond substituents is 1. The molecule has 0 heterocycles. The Bertz CT molecular complexity index is 330. The first kappa shape index (κ1) is 12.6. The van der Waals surface area contributed by atoms with E-state index >= 15 is 0 Å². The van der Waals surface area contributed by atoms with Gasteiger partial charge in [0.2, 0.25) is 0 Å². The Labute approximate surface area is 96.1 Å². The third-order valence-electron chi connectivity index (χ3n) is 2.45. The Kier molecular flexibility index (Phi) is 4.83. The molecule has 1 aromatic carbocycles.